The van der Waals surface area contributed by atoms with Crippen molar-refractivity contribution in [3.63, 3.8) is 0 Å². The van der Waals surface area contributed by atoms with E-state index in [2.05, 4.69) is 5.32 Å². The van der Waals surface area contributed by atoms with Gasteiger partial charge in [0.15, 0.2) is 6.10 Å². The molecule has 1 aromatic rings. The molecule has 0 saturated carbocycles. The van der Waals surface area contributed by atoms with Crippen LogP contribution in [0.3, 0.4) is 0 Å². The molecule has 0 aliphatic heterocycles. The van der Waals surface area contributed by atoms with Crippen LogP contribution in [-0.2, 0) is 14.3 Å². The number of esters is 1. The summed E-state index contributed by atoms with van der Waals surface area (Å²) in [6.45, 7) is 5.69. The van der Waals surface area contributed by atoms with Gasteiger partial charge in [-0.2, -0.15) is 0 Å². The molecule has 1 rings (SSSR count). The molecule has 6 heteroatoms. The number of aryl methyl sites for hydroxylation is 1. The average molecular weight is 309 g/mol. The molecule has 0 spiro atoms. The lowest BCUT2D eigenvalue weighted by molar-refractivity contribution is -0.152. The Morgan fingerprint density at radius 1 is 1.32 bits per heavy atom. The Hall–Kier alpha value is -2.24. The highest BCUT2D eigenvalue weighted by molar-refractivity contribution is 5.89. The lowest BCUT2D eigenvalue weighted by atomic mass is 10.2. The maximum Gasteiger partial charge on any atom is 0.412 e. The number of rotatable bonds is 7. The van der Waals surface area contributed by atoms with E-state index >= 15 is 0 Å². The van der Waals surface area contributed by atoms with E-state index in [0.29, 0.717) is 18.0 Å². The van der Waals surface area contributed by atoms with E-state index in [4.69, 9.17) is 14.2 Å². The Bertz CT molecular complexity index is 515. The fourth-order valence-electron chi connectivity index (χ4n) is 1.70. The first-order chi connectivity index (χ1) is 10.5. The summed E-state index contributed by atoms with van der Waals surface area (Å²) in [5, 5.41) is 2.56. The second-order valence-electron chi connectivity index (χ2n) is 4.90. The molecule has 22 heavy (non-hydrogen) atoms. The van der Waals surface area contributed by atoms with Crippen LogP contribution in [0.5, 0.6) is 5.75 Å². The van der Waals surface area contributed by atoms with E-state index in [-0.39, 0.29) is 0 Å². The normalized spacial score (nSPS) is 11.5. The predicted octanol–water partition coefficient (Wildman–Crippen LogP) is 3.28. The minimum Gasteiger partial charge on any atom is -0.495 e. The Morgan fingerprint density at radius 3 is 2.68 bits per heavy atom. The van der Waals surface area contributed by atoms with Crippen LogP contribution in [0.2, 0.25) is 0 Å². The maximum absolute atomic E-state index is 11.8. The average Bonchev–Trinajstić information content (AvgIpc) is 2.47. The van der Waals surface area contributed by atoms with Crippen molar-refractivity contribution in [1.29, 1.82) is 0 Å². The highest BCUT2D eigenvalue weighted by Gasteiger charge is 2.20. The molecule has 0 radical (unpaired) electrons. The number of nitrogens with one attached hydrogen (secondary N) is 1. The Balaban J connectivity index is 2.55. The van der Waals surface area contributed by atoms with Crippen LogP contribution >= 0.6 is 0 Å². The monoisotopic (exact) mass is 309 g/mol. The van der Waals surface area contributed by atoms with E-state index < -0.39 is 18.2 Å². The van der Waals surface area contributed by atoms with Gasteiger partial charge in [0.2, 0.25) is 0 Å². The van der Waals surface area contributed by atoms with Gasteiger partial charge in [-0.1, -0.05) is 19.4 Å². The topological polar surface area (TPSA) is 73.9 Å². The molecule has 0 aliphatic rings. The summed E-state index contributed by atoms with van der Waals surface area (Å²) in [6, 6.07) is 5.36. The summed E-state index contributed by atoms with van der Waals surface area (Å²) >= 11 is 0. The summed E-state index contributed by atoms with van der Waals surface area (Å²) in [5.41, 5.74) is 1.45. The summed E-state index contributed by atoms with van der Waals surface area (Å²) in [7, 11) is 1.51. The molecular formula is C16H23NO5. The Labute approximate surface area is 130 Å². The van der Waals surface area contributed by atoms with Gasteiger partial charge in [0.05, 0.1) is 19.4 Å². The number of hydrogen-bond donors (Lipinski definition) is 1. The zero-order valence-electron chi connectivity index (χ0n) is 13.5. The molecule has 1 amide bonds. The molecule has 1 atom stereocenters. The highest BCUT2D eigenvalue weighted by Crippen LogP contribution is 2.25. The zero-order valence-corrected chi connectivity index (χ0v) is 13.5. The minimum atomic E-state index is -0.965. The van der Waals surface area contributed by atoms with Crippen LogP contribution in [0.25, 0.3) is 0 Å². The minimum absolute atomic E-state index is 0.330. The van der Waals surface area contributed by atoms with Crippen molar-refractivity contribution in [2.24, 2.45) is 0 Å². The largest absolute Gasteiger partial charge is 0.495 e. The first-order valence-corrected chi connectivity index (χ1v) is 7.26. The number of methoxy groups -OCH3 is 1. The van der Waals surface area contributed by atoms with E-state index in [0.717, 1.165) is 18.4 Å². The molecular weight excluding hydrogens is 286 g/mol. The van der Waals surface area contributed by atoms with Crippen LogP contribution in [0.15, 0.2) is 18.2 Å². The number of unbranched alkanes of at least 4 members (excludes halogenated alkanes) is 1. The molecule has 122 valence electrons. The predicted molar refractivity (Wildman–Crippen MR) is 83.2 cm³/mol. The highest BCUT2D eigenvalue weighted by atomic mass is 16.6. The summed E-state index contributed by atoms with van der Waals surface area (Å²) < 4.78 is 15.2. The van der Waals surface area contributed by atoms with Gasteiger partial charge in [-0.25, -0.2) is 9.59 Å². The number of carbonyl (C=O) groups is 2. The van der Waals surface area contributed by atoms with Gasteiger partial charge in [0, 0.05) is 0 Å². The number of hydrogen-bond acceptors (Lipinski definition) is 5. The van der Waals surface area contributed by atoms with Gasteiger partial charge in [-0.05, 0) is 38.0 Å². The fourth-order valence-corrected chi connectivity index (χ4v) is 1.70. The van der Waals surface area contributed by atoms with Crippen molar-refractivity contribution in [2.45, 2.75) is 39.7 Å². The number of carbonyl (C=O) groups excluding carboxylic acids is 2. The van der Waals surface area contributed by atoms with Crippen molar-refractivity contribution in [2.75, 3.05) is 19.0 Å². The van der Waals surface area contributed by atoms with Crippen LogP contribution in [0, 0.1) is 6.92 Å². The van der Waals surface area contributed by atoms with Crippen LogP contribution < -0.4 is 10.1 Å². The summed E-state index contributed by atoms with van der Waals surface area (Å²) in [5.74, 6) is -0.0412. The van der Waals surface area contributed by atoms with E-state index in [1.165, 1.54) is 14.0 Å². The Morgan fingerprint density at radius 2 is 2.05 bits per heavy atom. The van der Waals surface area contributed by atoms with Crippen molar-refractivity contribution < 1.29 is 23.8 Å². The van der Waals surface area contributed by atoms with Gasteiger partial charge in [0.1, 0.15) is 5.75 Å². The van der Waals surface area contributed by atoms with Gasteiger partial charge in [0.25, 0.3) is 0 Å². The fraction of sp³-hybridized carbons (Fsp3) is 0.500. The molecule has 0 aliphatic carbocycles. The van der Waals surface area contributed by atoms with E-state index in [1.807, 2.05) is 19.9 Å². The molecule has 1 N–H and O–H groups in total. The quantitative estimate of drug-likeness (QED) is 0.618. The number of anilines is 1. The first-order valence-electron chi connectivity index (χ1n) is 7.26. The van der Waals surface area contributed by atoms with E-state index in [9.17, 15) is 9.59 Å². The molecule has 0 unspecified atom stereocenters. The SMILES string of the molecule is CCCCOC(=O)[C@@H](C)OC(=O)Nc1cc(C)ccc1OC. The standard InChI is InChI=1S/C16H23NO5/c1-5-6-9-21-15(18)12(3)22-16(19)17-13-10-11(2)7-8-14(13)20-4/h7-8,10,12H,5-6,9H2,1-4H3,(H,17,19)/t12-/m1/s1. The molecule has 1 aromatic carbocycles. The number of ether oxygens (including phenoxy) is 3. The summed E-state index contributed by atoms with van der Waals surface area (Å²) in [4.78, 5) is 23.5. The third kappa shape index (κ3) is 5.63. The van der Waals surface area contributed by atoms with Crippen LogP contribution in [0.1, 0.15) is 32.3 Å². The van der Waals surface area contributed by atoms with Crippen LogP contribution in [0.4, 0.5) is 10.5 Å². The second-order valence-corrected chi connectivity index (χ2v) is 4.90. The molecule has 0 heterocycles. The number of amides is 1. The van der Waals surface area contributed by atoms with Crippen molar-refractivity contribution >= 4 is 17.7 Å². The molecule has 0 bridgehead atoms. The van der Waals surface area contributed by atoms with Gasteiger partial charge >= 0.3 is 12.1 Å². The zero-order chi connectivity index (χ0) is 16.5. The van der Waals surface area contributed by atoms with E-state index in [1.54, 1.807) is 12.1 Å². The lowest BCUT2D eigenvalue weighted by Crippen LogP contribution is -2.29. The van der Waals surface area contributed by atoms with Crippen LogP contribution in [-0.4, -0.2) is 31.9 Å². The van der Waals surface area contributed by atoms with Crippen molar-refractivity contribution in [3.8, 4) is 5.75 Å². The molecule has 0 fully saturated rings. The third-order valence-electron chi connectivity index (χ3n) is 2.95. The summed E-state index contributed by atoms with van der Waals surface area (Å²) in [6.07, 6.45) is 0.0119. The van der Waals surface area contributed by atoms with Gasteiger partial charge < -0.3 is 14.2 Å². The number of benzene rings is 1. The maximum atomic E-state index is 11.8. The molecule has 0 aromatic heterocycles. The van der Waals surface area contributed by atoms with Gasteiger partial charge in [-0.15, -0.1) is 0 Å². The Kier molecular flexibility index (Phi) is 7.22. The van der Waals surface area contributed by atoms with Crippen molar-refractivity contribution in [3.05, 3.63) is 23.8 Å². The molecule has 0 saturated heterocycles. The van der Waals surface area contributed by atoms with Crippen molar-refractivity contribution in [1.82, 2.24) is 0 Å². The third-order valence-corrected chi connectivity index (χ3v) is 2.95. The second kappa shape index (κ2) is 8.92. The van der Waals surface area contributed by atoms with Gasteiger partial charge in [-0.3, -0.25) is 5.32 Å². The first kappa shape index (κ1) is 17.8. The molecule has 6 nitrogen and oxygen atoms in total. The smallest absolute Gasteiger partial charge is 0.412 e. The lowest BCUT2D eigenvalue weighted by Gasteiger charge is -2.15.